The van der Waals surface area contributed by atoms with Crippen molar-refractivity contribution in [3.05, 3.63) is 66.5 Å². The number of hydrogen-bond acceptors (Lipinski definition) is 4. The standard InChI is InChI=1S/C16H14N2O3/c19-15(12-6-2-1-3-7-12)16(20)21-11-18-10-17-13-8-4-5-9-14(13)18/h1-10,15,19H,11H2/t15-/m0/s1. The third kappa shape index (κ3) is 2.78. The van der Waals surface area contributed by atoms with E-state index in [4.69, 9.17) is 4.74 Å². The molecule has 0 saturated carbocycles. The predicted molar refractivity (Wildman–Crippen MR) is 77.2 cm³/mol. The first-order valence-corrected chi connectivity index (χ1v) is 6.55. The molecule has 1 aromatic heterocycles. The van der Waals surface area contributed by atoms with Gasteiger partial charge in [-0.25, -0.2) is 9.78 Å². The molecular weight excluding hydrogens is 268 g/mol. The molecule has 0 aliphatic heterocycles. The highest BCUT2D eigenvalue weighted by Gasteiger charge is 2.18. The van der Waals surface area contributed by atoms with Gasteiger partial charge < -0.3 is 9.84 Å². The Morgan fingerprint density at radius 1 is 1.14 bits per heavy atom. The molecule has 1 heterocycles. The minimum Gasteiger partial charge on any atom is -0.442 e. The van der Waals surface area contributed by atoms with E-state index in [0.717, 1.165) is 11.0 Å². The number of hydrogen-bond donors (Lipinski definition) is 1. The van der Waals surface area contributed by atoms with Gasteiger partial charge in [0.2, 0.25) is 0 Å². The van der Waals surface area contributed by atoms with Gasteiger partial charge in [-0.05, 0) is 17.7 Å². The first kappa shape index (κ1) is 13.3. The van der Waals surface area contributed by atoms with Gasteiger partial charge in [-0.2, -0.15) is 0 Å². The maximum Gasteiger partial charge on any atom is 0.341 e. The van der Waals surface area contributed by atoms with E-state index in [1.54, 1.807) is 35.2 Å². The summed E-state index contributed by atoms with van der Waals surface area (Å²) in [5.41, 5.74) is 2.22. The van der Waals surface area contributed by atoms with Crippen LogP contribution in [0.1, 0.15) is 11.7 Å². The molecule has 3 aromatic rings. The van der Waals surface area contributed by atoms with Crippen molar-refractivity contribution in [2.24, 2.45) is 0 Å². The van der Waals surface area contributed by atoms with Crippen molar-refractivity contribution in [2.75, 3.05) is 0 Å². The molecule has 5 nitrogen and oxygen atoms in total. The van der Waals surface area contributed by atoms with Crippen molar-refractivity contribution in [1.82, 2.24) is 9.55 Å². The van der Waals surface area contributed by atoms with Crippen LogP contribution in [0.25, 0.3) is 11.0 Å². The lowest BCUT2D eigenvalue weighted by Gasteiger charge is -2.11. The van der Waals surface area contributed by atoms with Crippen LogP contribution in [0.3, 0.4) is 0 Å². The molecule has 21 heavy (non-hydrogen) atoms. The Kier molecular flexibility index (Phi) is 3.66. The van der Waals surface area contributed by atoms with Gasteiger partial charge in [0, 0.05) is 0 Å². The smallest absolute Gasteiger partial charge is 0.341 e. The number of carbonyl (C=O) groups is 1. The zero-order chi connectivity index (χ0) is 14.7. The molecule has 1 atom stereocenters. The summed E-state index contributed by atoms with van der Waals surface area (Å²) in [5.74, 6) is -0.681. The Bertz CT molecular complexity index is 752. The van der Waals surface area contributed by atoms with Gasteiger partial charge >= 0.3 is 5.97 Å². The molecule has 0 saturated heterocycles. The number of carbonyl (C=O) groups excluding carboxylic acids is 1. The van der Waals surface area contributed by atoms with Crippen LogP contribution >= 0.6 is 0 Å². The molecule has 0 aliphatic rings. The first-order chi connectivity index (χ1) is 10.3. The van der Waals surface area contributed by atoms with E-state index < -0.39 is 12.1 Å². The molecule has 5 heteroatoms. The fourth-order valence-corrected chi connectivity index (χ4v) is 2.10. The highest BCUT2D eigenvalue weighted by molar-refractivity contribution is 5.77. The zero-order valence-corrected chi connectivity index (χ0v) is 11.2. The number of fused-ring (bicyclic) bond motifs is 1. The largest absolute Gasteiger partial charge is 0.442 e. The van der Waals surface area contributed by atoms with Gasteiger partial charge in [-0.15, -0.1) is 0 Å². The Balaban J connectivity index is 1.69. The average molecular weight is 282 g/mol. The van der Waals surface area contributed by atoms with Gasteiger partial charge in [0.25, 0.3) is 0 Å². The summed E-state index contributed by atoms with van der Waals surface area (Å²) in [7, 11) is 0. The Labute approximate surface area is 121 Å². The number of rotatable bonds is 4. The second kappa shape index (κ2) is 5.76. The van der Waals surface area contributed by atoms with E-state index >= 15 is 0 Å². The predicted octanol–water partition coefficient (Wildman–Crippen LogP) is 2.27. The number of benzene rings is 2. The summed E-state index contributed by atoms with van der Waals surface area (Å²) in [5, 5.41) is 9.93. The van der Waals surface area contributed by atoms with Gasteiger partial charge in [0.05, 0.1) is 17.4 Å². The molecule has 0 bridgehead atoms. The molecule has 2 aromatic carbocycles. The Hall–Kier alpha value is -2.66. The number of ether oxygens (including phenoxy) is 1. The maximum absolute atomic E-state index is 11.9. The van der Waals surface area contributed by atoms with Crippen molar-refractivity contribution < 1.29 is 14.6 Å². The van der Waals surface area contributed by atoms with Crippen molar-refractivity contribution in [2.45, 2.75) is 12.8 Å². The molecule has 106 valence electrons. The number of aliphatic hydroxyl groups is 1. The fourth-order valence-electron chi connectivity index (χ4n) is 2.10. The van der Waals surface area contributed by atoms with Crippen molar-refractivity contribution in [3.8, 4) is 0 Å². The highest BCUT2D eigenvalue weighted by atomic mass is 16.6. The number of esters is 1. The lowest BCUT2D eigenvalue weighted by molar-refractivity contribution is -0.157. The summed E-state index contributed by atoms with van der Waals surface area (Å²) in [6.45, 7) is 0.0171. The highest BCUT2D eigenvalue weighted by Crippen LogP contribution is 2.15. The number of imidazole rings is 1. The maximum atomic E-state index is 11.9. The van der Waals surface area contributed by atoms with E-state index in [-0.39, 0.29) is 6.73 Å². The zero-order valence-electron chi connectivity index (χ0n) is 11.2. The number of nitrogens with zero attached hydrogens (tertiary/aromatic N) is 2. The van der Waals surface area contributed by atoms with Crippen LogP contribution in [0.2, 0.25) is 0 Å². The summed E-state index contributed by atoms with van der Waals surface area (Å²) in [4.78, 5) is 16.1. The van der Waals surface area contributed by atoms with E-state index in [9.17, 15) is 9.90 Å². The van der Waals surface area contributed by atoms with Gasteiger partial charge in [-0.1, -0.05) is 42.5 Å². The molecule has 1 N–H and O–H groups in total. The Morgan fingerprint density at radius 3 is 2.67 bits per heavy atom. The summed E-state index contributed by atoms with van der Waals surface area (Å²) in [6.07, 6.45) is 0.327. The SMILES string of the molecule is O=C(OCn1cnc2ccccc21)[C@@H](O)c1ccccc1. The normalized spacial score (nSPS) is 12.2. The van der Waals surface area contributed by atoms with Gasteiger partial charge in [0.15, 0.2) is 12.8 Å². The van der Waals surface area contributed by atoms with E-state index in [2.05, 4.69) is 4.98 Å². The molecule has 3 rings (SSSR count). The van der Waals surface area contributed by atoms with Gasteiger partial charge in [0.1, 0.15) is 0 Å². The van der Waals surface area contributed by atoms with Crippen LogP contribution in [0.5, 0.6) is 0 Å². The van der Waals surface area contributed by atoms with Crippen LogP contribution in [-0.2, 0) is 16.3 Å². The molecule has 0 radical (unpaired) electrons. The topological polar surface area (TPSA) is 64.4 Å². The minimum absolute atomic E-state index is 0.0171. The van der Waals surface area contributed by atoms with Crippen LogP contribution in [0, 0.1) is 0 Å². The molecule has 0 unspecified atom stereocenters. The van der Waals surface area contributed by atoms with E-state index in [0.29, 0.717) is 5.56 Å². The van der Waals surface area contributed by atoms with Gasteiger partial charge in [-0.3, -0.25) is 4.57 Å². The van der Waals surface area contributed by atoms with Crippen LogP contribution < -0.4 is 0 Å². The van der Waals surface area contributed by atoms with E-state index in [1.165, 1.54) is 0 Å². The average Bonchev–Trinajstić information content (AvgIpc) is 2.96. The summed E-state index contributed by atoms with van der Waals surface area (Å²) < 4.78 is 6.86. The van der Waals surface area contributed by atoms with Crippen molar-refractivity contribution in [1.29, 1.82) is 0 Å². The molecule has 0 amide bonds. The number of aromatic nitrogens is 2. The second-order valence-corrected chi connectivity index (χ2v) is 4.61. The van der Waals surface area contributed by atoms with E-state index in [1.807, 2.05) is 30.3 Å². The van der Waals surface area contributed by atoms with Crippen molar-refractivity contribution in [3.63, 3.8) is 0 Å². The summed E-state index contributed by atoms with van der Waals surface area (Å²) in [6, 6.07) is 16.3. The molecule has 0 fully saturated rings. The monoisotopic (exact) mass is 282 g/mol. The quantitative estimate of drug-likeness (QED) is 0.746. The Morgan fingerprint density at radius 2 is 1.86 bits per heavy atom. The van der Waals surface area contributed by atoms with Crippen LogP contribution in [0.15, 0.2) is 60.9 Å². The summed E-state index contributed by atoms with van der Waals surface area (Å²) >= 11 is 0. The molecule has 0 spiro atoms. The lowest BCUT2D eigenvalue weighted by Crippen LogP contribution is -2.17. The first-order valence-electron chi connectivity index (χ1n) is 6.55. The molecule has 0 aliphatic carbocycles. The van der Waals surface area contributed by atoms with Crippen LogP contribution in [-0.4, -0.2) is 20.6 Å². The second-order valence-electron chi connectivity index (χ2n) is 4.61. The lowest BCUT2D eigenvalue weighted by atomic mass is 10.1. The number of para-hydroxylation sites is 2. The minimum atomic E-state index is -1.28. The third-order valence-electron chi connectivity index (χ3n) is 3.21. The van der Waals surface area contributed by atoms with Crippen molar-refractivity contribution >= 4 is 17.0 Å². The van der Waals surface area contributed by atoms with Crippen LogP contribution in [0.4, 0.5) is 0 Å². The molecular formula is C16H14N2O3. The fraction of sp³-hybridized carbons (Fsp3) is 0.125. The number of aliphatic hydroxyl groups excluding tert-OH is 1. The third-order valence-corrected chi connectivity index (χ3v) is 3.21.